The molecule has 0 aromatic rings. The van der Waals surface area contributed by atoms with Crippen molar-refractivity contribution in [2.75, 3.05) is 13.7 Å². The number of methoxy groups -OCH3 is 1. The van der Waals surface area contributed by atoms with Crippen molar-refractivity contribution in [3.8, 4) is 0 Å². The highest BCUT2D eigenvalue weighted by atomic mass is 16.5. The van der Waals surface area contributed by atoms with Gasteiger partial charge < -0.3 is 14.6 Å². The molecule has 4 saturated carbocycles. The molecule has 0 aliphatic heterocycles. The van der Waals surface area contributed by atoms with Crippen molar-refractivity contribution >= 4 is 13.6 Å². The van der Waals surface area contributed by atoms with Crippen LogP contribution in [-0.4, -0.2) is 38.1 Å². The van der Waals surface area contributed by atoms with Crippen LogP contribution in [-0.2, 0) is 9.53 Å². The number of aliphatic hydroxyl groups is 1. The molecule has 4 aliphatic carbocycles. The molecule has 8 atom stereocenters. The SMILES string of the molecule is [B]CC(=O)[C@H]1CCC2C3CC[C@H]4C[C@@](O)(COC)CC[C@]4(C)C3CC[C@@]21C. The number of ketones is 1. The number of hydrogen-bond donors (Lipinski definition) is 1. The Balaban J connectivity index is 1.55. The van der Waals surface area contributed by atoms with Crippen LogP contribution < -0.4 is 0 Å². The first-order chi connectivity index (χ1) is 12.8. The summed E-state index contributed by atoms with van der Waals surface area (Å²) in [6.45, 7) is 5.38. The Bertz CT molecular complexity index is 594. The van der Waals surface area contributed by atoms with Crippen LogP contribution in [0.25, 0.3) is 0 Å². The topological polar surface area (TPSA) is 46.5 Å². The highest BCUT2D eigenvalue weighted by molar-refractivity contribution is 6.20. The van der Waals surface area contributed by atoms with Gasteiger partial charge in [0.15, 0.2) is 0 Å². The van der Waals surface area contributed by atoms with E-state index in [0.29, 0.717) is 29.6 Å². The van der Waals surface area contributed by atoms with Gasteiger partial charge in [-0.2, -0.15) is 0 Å². The largest absolute Gasteiger partial charge is 0.387 e. The maximum absolute atomic E-state index is 12.5. The Labute approximate surface area is 166 Å². The highest BCUT2D eigenvalue weighted by Gasteiger charge is 2.61. The molecule has 4 heteroatoms. The van der Waals surface area contributed by atoms with Crippen LogP contribution in [0.4, 0.5) is 0 Å². The van der Waals surface area contributed by atoms with E-state index in [9.17, 15) is 9.90 Å². The van der Waals surface area contributed by atoms with E-state index in [2.05, 4.69) is 13.8 Å². The smallest absolute Gasteiger partial charge is 0.128 e. The zero-order chi connectivity index (χ0) is 19.4. The van der Waals surface area contributed by atoms with E-state index in [-0.39, 0.29) is 17.7 Å². The Morgan fingerprint density at radius 3 is 2.48 bits per heavy atom. The van der Waals surface area contributed by atoms with E-state index < -0.39 is 5.60 Å². The molecule has 4 fully saturated rings. The predicted octanol–water partition coefficient (Wildman–Crippen LogP) is 4.18. The van der Waals surface area contributed by atoms with Gasteiger partial charge in [-0.15, -0.1) is 0 Å². The van der Waals surface area contributed by atoms with Crippen LogP contribution >= 0.6 is 0 Å². The molecular formula is C23H37BO3. The summed E-state index contributed by atoms with van der Waals surface area (Å²) < 4.78 is 5.33. The zero-order valence-corrected chi connectivity index (χ0v) is 17.5. The van der Waals surface area contributed by atoms with Crippen molar-refractivity contribution in [3.63, 3.8) is 0 Å². The fourth-order valence-electron chi connectivity index (χ4n) is 8.39. The van der Waals surface area contributed by atoms with Crippen LogP contribution in [0.5, 0.6) is 0 Å². The fourth-order valence-corrected chi connectivity index (χ4v) is 8.39. The number of rotatable bonds is 4. The van der Waals surface area contributed by atoms with Gasteiger partial charge in [0, 0.05) is 13.0 Å². The normalized spacial score (nSPS) is 51.9. The Morgan fingerprint density at radius 1 is 1.04 bits per heavy atom. The fraction of sp³-hybridized carbons (Fsp3) is 0.957. The van der Waals surface area contributed by atoms with Gasteiger partial charge in [-0.3, -0.25) is 0 Å². The first-order valence-electron chi connectivity index (χ1n) is 11.2. The lowest BCUT2D eigenvalue weighted by atomic mass is 9.44. The van der Waals surface area contributed by atoms with Gasteiger partial charge in [0.05, 0.1) is 20.1 Å². The van der Waals surface area contributed by atoms with E-state index >= 15 is 0 Å². The summed E-state index contributed by atoms with van der Waals surface area (Å²) >= 11 is 0. The highest BCUT2D eigenvalue weighted by Crippen LogP contribution is 2.68. The Morgan fingerprint density at radius 2 is 1.78 bits per heavy atom. The summed E-state index contributed by atoms with van der Waals surface area (Å²) in [7, 11) is 7.44. The van der Waals surface area contributed by atoms with Gasteiger partial charge in [-0.25, -0.2) is 0 Å². The molecule has 0 heterocycles. The molecule has 3 nitrogen and oxygen atoms in total. The second-order valence-corrected chi connectivity index (χ2v) is 10.9. The second-order valence-electron chi connectivity index (χ2n) is 10.9. The van der Waals surface area contributed by atoms with Gasteiger partial charge in [0.25, 0.3) is 0 Å². The number of hydrogen-bond acceptors (Lipinski definition) is 3. The molecule has 4 rings (SSSR count). The molecule has 0 bridgehead atoms. The predicted molar refractivity (Wildman–Crippen MR) is 108 cm³/mol. The summed E-state index contributed by atoms with van der Waals surface area (Å²) in [6.07, 6.45) is 10.3. The summed E-state index contributed by atoms with van der Waals surface area (Å²) in [5, 5.41) is 11.0. The molecule has 0 amide bonds. The lowest BCUT2D eigenvalue weighted by Crippen LogP contribution is -2.56. The molecular weight excluding hydrogens is 335 g/mol. The maximum Gasteiger partial charge on any atom is 0.128 e. The van der Waals surface area contributed by atoms with E-state index in [4.69, 9.17) is 12.6 Å². The minimum Gasteiger partial charge on any atom is -0.387 e. The zero-order valence-electron chi connectivity index (χ0n) is 17.5. The van der Waals surface area contributed by atoms with E-state index in [1.165, 1.54) is 32.1 Å². The maximum atomic E-state index is 12.5. The number of fused-ring (bicyclic) bond motifs is 5. The quantitative estimate of drug-likeness (QED) is 0.753. The molecule has 0 saturated heterocycles. The van der Waals surface area contributed by atoms with Crippen LogP contribution in [0.1, 0.15) is 71.6 Å². The third-order valence-corrected chi connectivity index (χ3v) is 9.82. The molecule has 0 aromatic heterocycles. The summed E-state index contributed by atoms with van der Waals surface area (Å²) in [6, 6.07) is 0. The molecule has 27 heavy (non-hydrogen) atoms. The summed E-state index contributed by atoms with van der Waals surface area (Å²) in [4.78, 5) is 12.5. The average Bonchev–Trinajstić information content (AvgIpc) is 2.99. The number of Topliss-reactive ketones (excluding diaryl/α,β-unsaturated/α-hetero) is 1. The number of carbonyl (C=O) groups excluding carboxylic acids is 1. The van der Waals surface area contributed by atoms with Crippen LogP contribution in [0, 0.1) is 40.4 Å². The monoisotopic (exact) mass is 372 g/mol. The van der Waals surface area contributed by atoms with Crippen LogP contribution in [0.15, 0.2) is 0 Å². The van der Waals surface area contributed by atoms with Crippen molar-refractivity contribution in [1.29, 1.82) is 0 Å². The van der Waals surface area contributed by atoms with Crippen molar-refractivity contribution < 1.29 is 14.6 Å². The van der Waals surface area contributed by atoms with Crippen molar-refractivity contribution in [2.45, 2.75) is 83.6 Å². The van der Waals surface area contributed by atoms with Crippen molar-refractivity contribution in [3.05, 3.63) is 0 Å². The van der Waals surface area contributed by atoms with Gasteiger partial charge in [-0.1, -0.05) is 13.8 Å². The molecule has 1 N–H and O–H groups in total. The minimum atomic E-state index is -0.624. The average molecular weight is 372 g/mol. The van der Waals surface area contributed by atoms with Gasteiger partial charge >= 0.3 is 0 Å². The molecule has 2 radical (unpaired) electrons. The summed E-state index contributed by atoms with van der Waals surface area (Å²) in [5.41, 5.74) is -0.104. The standard InChI is InChI=1S/C23H37BO3/c1-21-10-11-23(26,14-27-3)12-15(21)4-5-16-17-6-7-19(20(25)13-24)22(17,2)9-8-18(16)21/h15-19,26H,4-14H2,1-3H3/t15-,16?,17?,18?,19+,21-,22-,23+/m0/s1. The second kappa shape index (κ2) is 6.87. The van der Waals surface area contributed by atoms with E-state index in [1.807, 2.05) is 0 Å². The van der Waals surface area contributed by atoms with E-state index in [0.717, 1.165) is 37.5 Å². The summed E-state index contributed by atoms with van der Waals surface area (Å²) in [5.74, 6) is 3.30. The first kappa shape index (κ1) is 19.9. The van der Waals surface area contributed by atoms with Crippen LogP contribution in [0.3, 0.4) is 0 Å². The van der Waals surface area contributed by atoms with E-state index in [1.54, 1.807) is 7.11 Å². The molecule has 150 valence electrons. The van der Waals surface area contributed by atoms with Crippen LogP contribution in [0.2, 0.25) is 6.32 Å². The third kappa shape index (κ3) is 2.96. The number of ether oxygens (including phenoxy) is 1. The van der Waals surface area contributed by atoms with Crippen molar-refractivity contribution in [1.82, 2.24) is 0 Å². The third-order valence-electron chi connectivity index (χ3n) is 9.82. The van der Waals surface area contributed by atoms with Gasteiger partial charge in [0.1, 0.15) is 5.78 Å². The molecule has 0 spiro atoms. The molecule has 3 unspecified atom stereocenters. The van der Waals surface area contributed by atoms with Gasteiger partial charge in [-0.05, 0) is 98.6 Å². The number of carbonyl (C=O) groups is 1. The minimum absolute atomic E-state index is 0.173. The lowest BCUT2D eigenvalue weighted by molar-refractivity contribution is -0.163. The molecule has 4 aliphatic rings. The van der Waals surface area contributed by atoms with Gasteiger partial charge in [0.2, 0.25) is 0 Å². The Kier molecular flexibility index (Phi) is 5.07. The van der Waals surface area contributed by atoms with Crippen molar-refractivity contribution in [2.24, 2.45) is 40.4 Å². The lowest BCUT2D eigenvalue weighted by Gasteiger charge is -2.62. The first-order valence-corrected chi connectivity index (χ1v) is 11.2. The molecule has 0 aromatic carbocycles. The Hall–Kier alpha value is -0.345.